The van der Waals surface area contributed by atoms with Gasteiger partial charge in [-0.3, -0.25) is 9.59 Å². The number of ketones is 1. The summed E-state index contributed by atoms with van der Waals surface area (Å²) in [4.78, 5) is 38.0. The summed E-state index contributed by atoms with van der Waals surface area (Å²) in [6, 6.07) is 10.4. The summed E-state index contributed by atoms with van der Waals surface area (Å²) in [5.41, 5.74) is 2.28. The highest BCUT2D eigenvalue weighted by Gasteiger charge is 2.28. The molecule has 3 rings (SSSR count). The number of piperidine rings is 1. The molecule has 0 spiro atoms. The summed E-state index contributed by atoms with van der Waals surface area (Å²) in [6.45, 7) is 2.69. The number of rotatable bonds is 15. The van der Waals surface area contributed by atoms with Gasteiger partial charge in [-0.1, -0.05) is 47.2 Å². The molecule has 34 heavy (non-hydrogen) atoms. The Morgan fingerprint density at radius 2 is 2.03 bits per heavy atom. The zero-order valence-corrected chi connectivity index (χ0v) is 20.5. The average molecular weight is 466 g/mol. The van der Waals surface area contributed by atoms with E-state index in [-0.39, 0.29) is 23.8 Å². The van der Waals surface area contributed by atoms with Crippen molar-refractivity contribution in [3.63, 3.8) is 0 Å². The van der Waals surface area contributed by atoms with Gasteiger partial charge in [-0.15, -0.1) is 0 Å². The minimum absolute atomic E-state index is 0.152. The smallest absolute Gasteiger partial charge is 0.223 e. The van der Waals surface area contributed by atoms with Crippen molar-refractivity contribution in [2.45, 2.75) is 95.7 Å². The van der Waals surface area contributed by atoms with Crippen LogP contribution in [0.2, 0.25) is 0 Å². The minimum atomic E-state index is -0.260. The molecule has 2 fully saturated rings. The highest BCUT2D eigenvalue weighted by molar-refractivity contribution is 5.89. The molecule has 0 aromatic heterocycles. The number of likely N-dealkylation sites (tertiary alicyclic amines) is 1. The number of nitrogens with one attached hydrogen (secondary N) is 1. The molecule has 1 aromatic carbocycles. The second kappa shape index (κ2) is 13.8. The molecule has 1 saturated heterocycles. The SMILES string of the molecule is C/C(=C\CCCC(=O)/C=C/NC1CC1)CN1C(=O)CCC[C@@H]1CCC(Cc1ccccc1)N=O. The van der Waals surface area contributed by atoms with E-state index in [0.717, 1.165) is 43.2 Å². The molecule has 1 heterocycles. The highest BCUT2D eigenvalue weighted by atomic mass is 16.3. The lowest BCUT2D eigenvalue weighted by Crippen LogP contribution is -2.44. The summed E-state index contributed by atoms with van der Waals surface area (Å²) in [7, 11) is 0. The summed E-state index contributed by atoms with van der Waals surface area (Å²) in [6.07, 6.45) is 14.8. The van der Waals surface area contributed by atoms with Crippen LogP contribution in [-0.4, -0.2) is 41.3 Å². The number of nitroso groups, excluding NO2 is 1. The van der Waals surface area contributed by atoms with Crippen molar-refractivity contribution < 1.29 is 9.59 Å². The van der Waals surface area contributed by atoms with Gasteiger partial charge < -0.3 is 10.2 Å². The number of unbranched alkanes of at least 4 members (excludes halogenated alkanes) is 1. The van der Waals surface area contributed by atoms with Crippen LogP contribution in [0.3, 0.4) is 0 Å². The molecule has 1 unspecified atom stereocenters. The lowest BCUT2D eigenvalue weighted by Gasteiger charge is -2.36. The maximum absolute atomic E-state index is 12.7. The van der Waals surface area contributed by atoms with Gasteiger partial charge in [0.05, 0.1) is 6.04 Å². The van der Waals surface area contributed by atoms with Crippen molar-refractivity contribution in [1.82, 2.24) is 10.2 Å². The number of hydrogen-bond acceptors (Lipinski definition) is 5. The predicted octanol–water partition coefficient (Wildman–Crippen LogP) is 5.48. The third kappa shape index (κ3) is 9.24. The van der Waals surface area contributed by atoms with Crippen molar-refractivity contribution in [1.29, 1.82) is 0 Å². The van der Waals surface area contributed by atoms with Crippen LogP contribution in [-0.2, 0) is 16.0 Å². The van der Waals surface area contributed by atoms with E-state index in [0.29, 0.717) is 38.3 Å². The van der Waals surface area contributed by atoms with Gasteiger partial charge in [0.1, 0.15) is 0 Å². The fourth-order valence-corrected chi connectivity index (χ4v) is 4.54. The maximum atomic E-state index is 12.7. The van der Waals surface area contributed by atoms with Crippen molar-refractivity contribution in [2.75, 3.05) is 6.54 Å². The number of carbonyl (C=O) groups excluding carboxylic acids is 2. The van der Waals surface area contributed by atoms with Crippen molar-refractivity contribution in [3.8, 4) is 0 Å². The Hall–Kier alpha value is -2.76. The van der Waals surface area contributed by atoms with Gasteiger partial charge in [0.25, 0.3) is 0 Å². The first kappa shape index (κ1) is 25.9. The zero-order chi connectivity index (χ0) is 24.2. The molecule has 1 amide bonds. The number of nitrogens with zero attached hydrogens (tertiary/aromatic N) is 2. The van der Waals surface area contributed by atoms with Crippen LogP contribution in [0.1, 0.15) is 76.7 Å². The molecular weight excluding hydrogens is 426 g/mol. The van der Waals surface area contributed by atoms with Crippen molar-refractivity contribution in [3.05, 3.63) is 64.7 Å². The molecule has 6 heteroatoms. The van der Waals surface area contributed by atoms with E-state index in [1.54, 1.807) is 12.3 Å². The standard InChI is InChI=1S/C28H39N3O3/c1-22(8-5-6-12-27(32)18-19-29-24-14-15-24)21-31-26(11-7-13-28(31)33)17-16-25(30-34)20-23-9-3-2-4-10-23/h2-4,8-10,18-19,24-26,29H,5-7,11-17,20-21H2,1H3/b19-18+,22-8+/t25?,26-/m1/s1. The van der Waals surface area contributed by atoms with Crippen LogP contribution in [0.5, 0.6) is 0 Å². The van der Waals surface area contributed by atoms with Gasteiger partial charge in [0, 0.05) is 37.7 Å². The third-order valence-electron chi connectivity index (χ3n) is 6.70. The molecule has 2 aliphatic rings. The van der Waals surface area contributed by atoms with Gasteiger partial charge in [-0.25, -0.2) is 0 Å². The monoisotopic (exact) mass is 465 g/mol. The molecule has 1 aliphatic carbocycles. The van der Waals surface area contributed by atoms with Gasteiger partial charge in [0.2, 0.25) is 5.91 Å². The topological polar surface area (TPSA) is 78.8 Å². The summed E-state index contributed by atoms with van der Waals surface area (Å²) < 4.78 is 0. The third-order valence-corrected chi connectivity index (χ3v) is 6.70. The molecular formula is C28H39N3O3. The first-order chi connectivity index (χ1) is 16.5. The summed E-state index contributed by atoms with van der Waals surface area (Å²) in [5.74, 6) is 0.352. The molecule has 0 radical (unpaired) electrons. The fourth-order valence-electron chi connectivity index (χ4n) is 4.54. The van der Waals surface area contributed by atoms with Crippen molar-refractivity contribution in [2.24, 2.45) is 5.18 Å². The Morgan fingerprint density at radius 3 is 2.76 bits per heavy atom. The Morgan fingerprint density at radius 1 is 1.24 bits per heavy atom. The summed E-state index contributed by atoms with van der Waals surface area (Å²) in [5, 5.41) is 6.57. The van der Waals surface area contributed by atoms with Gasteiger partial charge >= 0.3 is 0 Å². The Labute approximate surface area is 203 Å². The lowest BCUT2D eigenvalue weighted by atomic mass is 9.93. The highest BCUT2D eigenvalue weighted by Crippen LogP contribution is 2.25. The number of carbonyl (C=O) groups is 2. The second-order valence-electron chi connectivity index (χ2n) is 9.78. The molecule has 1 saturated carbocycles. The van der Waals surface area contributed by atoms with Gasteiger partial charge in [0.15, 0.2) is 5.78 Å². The summed E-state index contributed by atoms with van der Waals surface area (Å²) >= 11 is 0. The molecule has 6 nitrogen and oxygen atoms in total. The largest absolute Gasteiger partial charge is 0.388 e. The maximum Gasteiger partial charge on any atom is 0.223 e. The van der Waals surface area contributed by atoms with E-state index in [2.05, 4.69) is 23.5 Å². The molecule has 1 aliphatic heterocycles. The zero-order valence-electron chi connectivity index (χ0n) is 20.5. The van der Waals surface area contributed by atoms with E-state index in [1.165, 1.54) is 12.8 Å². The van der Waals surface area contributed by atoms with E-state index < -0.39 is 0 Å². The lowest BCUT2D eigenvalue weighted by molar-refractivity contribution is -0.136. The predicted molar refractivity (Wildman–Crippen MR) is 136 cm³/mol. The number of hydrogen-bond donors (Lipinski definition) is 1. The number of allylic oxidation sites excluding steroid dienone is 2. The molecule has 2 atom stereocenters. The van der Waals surface area contributed by atoms with Crippen LogP contribution >= 0.6 is 0 Å². The van der Waals surface area contributed by atoms with Crippen LogP contribution in [0, 0.1) is 4.91 Å². The van der Waals surface area contributed by atoms with E-state index in [9.17, 15) is 14.5 Å². The number of benzene rings is 1. The fraction of sp³-hybridized carbons (Fsp3) is 0.571. The van der Waals surface area contributed by atoms with Crippen LogP contribution in [0.4, 0.5) is 0 Å². The molecule has 1 N–H and O–H groups in total. The van der Waals surface area contributed by atoms with Crippen molar-refractivity contribution >= 4 is 11.7 Å². The quantitative estimate of drug-likeness (QED) is 0.161. The molecule has 184 valence electrons. The minimum Gasteiger partial charge on any atom is -0.388 e. The van der Waals surface area contributed by atoms with Crippen LogP contribution in [0.25, 0.3) is 0 Å². The van der Waals surface area contributed by atoms with E-state index in [4.69, 9.17) is 0 Å². The van der Waals surface area contributed by atoms with Gasteiger partial charge in [-0.05, 0) is 76.4 Å². The second-order valence-corrected chi connectivity index (χ2v) is 9.78. The van der Waals surface area contributed by atoms with E-state index in [1.807, 2.05) is 35.2 Å². The van der Waals surface area contributed by atoms with E-state index >= 15 is 0 Å². The average Bonchev–Trinajstić information content (AvgIpc) is 3.66. The Kier molecular flexibility index (Phi) is 10.5. The van der Waals surface area contributed by atoms with Crippen LogP contribution in [0.15, 0.2) is 59.4 Å². The number of amides is 1. The van der Waals surface area contributed by atoms with Gasteiger partial charge in [-0.2, -0.15) is 4.91 Å². The first-order valence-electron chi connectivity index (χ1n) is 12.8. The molecule has 1 aromatic rings. The Balaban J connectivity index is 1.42. The Bertz CT molecular complexity index is 861. The molecule has 0 bridgehead atoms. The normalized spacial score (nSPS) is 19.9. The van der Waals surface area contributed by atoms with Crippen LogP contribution < -0.4 is 5.32 Å². The first-order valence-corrected chi connectivity index (χ1v) is 12.8.